The summed E-state index contributed by atoms with van der Waals surface area (Å²) in [6.07, 6.45) is 0. The van der Waals surface area contributed by atoms with E-state index in [-0.39, 0.29) is 0 Å². The Hall–Kier alpha value is -1.89. The van der Waals surface area contributed by atoms with Gasteiger partial charge in [0.05, 0.1) is 29.5 Å². The molecule has 0 radical (unpaired) electrons. The topological polar surface area (TPSA) is 75.3 Å². The third-order valence-electron chi connectivity index (χ3n) is 3.34. The van der Waals surface area contributed by atoms with Crippen LogP contribution >= 0.6 is 11.3 Å². The van der Waals surface area contributed by atoms with Crippen molar-refractivity contribution in [1.29, 1.82) is 0 Å². The molecule has 0 saturated heterocycles. The van der Waals surface area contributed by atoms with Crippen LogP contribution in [0.15, 0.2) is 9.52 Å². The molecule has 2 N–H and O–H groups in total. The number of nitrogens with zero attached hydrogens (tertiary/aromatic N) is 3. The maximum Gasteiger partial charge on any atom is 0.191 e. The van der Waals surface area contributed by atoms with Crippen LogP contribution in [0.1, 0.15) is 39.5 Å². The molecular weight excluding hydrogens is 298 g/mol. The van der Waals surface area contributed by atoms with Crippen molar-refractivity contribution in [1.82, 2.24) is 20.8 Å². The highest BCUT2D eigenvalue weighted by atomic mass is 32.1. The third kappa shape index (κ3) is 4.07. The second-order valence-electron chi connectivity index (χ2n) is 5.09. The summed E-state index contributed by atoms with van der Waals surface area (Å²) in [6.45, 7) is 12.1. The summed E-state index contributed by atoms with van der Waals surface area (Å²) in [6, 6.07) is 0. The Kier molecular flexibility index (Phi) is 5.54. The molecular formula is C15H23N5OS. The van der Waals surface area contributed by atoms with E-state index in [2.05, 4.69) is 32.7 Å². The van der Waals surface area contributed by atoms with Gasteiger partial charge in [0.15, 0.2) is 5.96 Å². The second kappa shape index (κ2) is 7.40. The summed E-state index contributed by atoms with van der Waals surface area (Å²) in [4.78, 5) is 10.3. The minimum Gasteiger partial charge on any atom is -0.361 e. The molecule has 0 aliphatic carbocycles. The number of hydrogen-bond donors (Lipinski definition) is 2. The van der Waals surface area contributed by atoms with Gasteiger partial charge in [-0.3, -0.25) is 0 Å². The van der Waals surface area contributed by atoms with E-state index < -0.39 is 0 Å². The fourth-order valence-corrected chi connectivity index (χ4v) is 3.01. The van der Waals surface area contributed by atoms with Crippen LogP contribution < -0.4 is 10.6 Å². The van der Waals surface area contributed by atoms with Crippen LogP contribution in [-0.2, 0) is 13.1 Å². The molecule has 0 saturated carbocycles. The van der Waals surface area contributed by atoms with Crippen molar-refractivity contribution in [3.05, 3.63) is 32.6 Å². The van der Waals surface area contributed by atoms with Crippen LogP contribution in [0.3, 0.4) is 0 Å². The molecule has 2 aromatic rings. The number of aliphatic imine (C=N–C) groups is 1. The highest BCUT2D eigenvalue weighted by molar-refractivity contribution is 7.11. The lowest BCUT2D eigenvalue weighted by Crippen LogP contribution is -2.36. The van der Waals surface area contributed by atoms with Crippen LogP contribution in [0.5, 0.6) is 0 Å². The highest BCUT2D eigenvalue weighted by Gasteiger charge is 2.09. The first-order valence-corrected chi connectivity index (χ1v) is 8.19. The number of rotatable bonds is 5. The fraction of sp³-hybridized carbons (Fsp3) is 0.533. The van der Waals surface area contributed by atoms with Crippen molar-refractivity contribution in [2.75, 3.05) is 6.54 Å². The smallest absolute Gasteiger partial charge is 0.191 e. The number of guanidine groups is 1. The summed E-state index contributed by atoms with van der Waals surface area (Å²) in [5, 5.41) is 11.6. The Balaban J connectivity index is 2.03. The maximum absolute atomic E-state index is 5.17. The number of aryl methyl sites for hydroxylation is 4. The molecule has 2 aromatic heterocycles. The highest BCUT2D eigenvalue weighted by Crippen LogP contribution is 2.16. The standard InChI is InChI=1S/C15H23N5OS/c1-6-16-15(17-7-13-9(2)20-21-11(13)4)18-8-14-10(3)19-12(5)22-14/h6-8H2,1-5H3,(H2,16,17,18). The van der Waals surface area contributed by atoms with Gasteiger partial charge in [0.1, 0.15) is 5.76 Å². The summed E-state index contributed by atoms with van der Waals surface area (Å²) in [5.41, 5.74) is 3.02. The molecule has 0 aliphatic rings. The van der Waals surface area contributed by atoms with Gasteiger partial charge < -0.3 is 15.2 Å². The Bertz CT molecular complexity index is 639. The molecule has 0 bridgehead atoms. The van der Waals surface area contributed by atoms with Gasteiger partial charge in [0.2, 0.25) is 0 Å². The normalized spacial score (nSPS) is 11.8. The summed E-state index contributed by atoms with van der Waals surface area (Å²) in [7, 11) is 0. The molecule has 0 aliphatic heterocycles. The SMILES string of the molecule is CCNC(=NCc1c(C)noc1C)NCc1sc(C)nc1C. The zero-order valence-electron chi connectivity index (χ0n) is 13.8. The Morgan fingerprint density at radius 1 is 1.18 bits per heavy atom. The van der Waals surface area contributed by atoms with Crippen LogP contribution in [0.2, 0.25) is 0 Å². The Labute approximate surface area is 135 Å². The molecule has 6 nitrogen and oxygen atoms in total. The van der Waals surface area contributed by atoms with E-state index in [0.29, 0.717) is 6.54 Å². The molecule has 0 aromatic carbocycles. The first kappa shape index (κ1) is 16.5. The van der Waals surface area contributed by atoms with Crippen molar-refractivity contribution >= 4 is 17.3 Å². The molecule has 0 atom stereocenters. The zero-order chi connectivity index (χ0) is 16.1. The molecule has 120 valence electrons. The Morgan fingerprint density at radius 2 is 1.95 bits per heavy atom. The van der Waals surface area contributed by atoms with Gasteiger partial charge in [-0.2, -0.15) is 0 Å². The number of aromatic nitrogens is 2. The summed E-state index contributed by atoms with van der Waals surface area (Å²) < 4.78 is 5.17. The zero-order valence-corrected chi connectivity index (χ0v) is 14.6. The average molecular weight is 321 g/mol. The largest absolute Gasteiger partial charge is 0.361 e. The van der Waals surface area contributed by atoms with Gasteiger partial charge in [0.25, 0.3) is 0 Å². The number of nitrogens with one attached hydrogen (secondary N) is 2. The Morgan fingerprint density at radius 3 is 2.50 bits per heavy atom. The maximum atomic E-state index is 5.17. The molecule has 22 heavy (non-hydrogen) atoms. The van der Waals surface area contributed by atoms with Crippen LogP contribution in [0.4, 0.5) is 0 Å². The van der Waals surface area contributed by atoms with Gasteiger partial charge in [-0.15, -0.1) is 11.3 Å². The van der Waals surface area contributed by atoms with E-state index in [1.807, 2.05) is 27.7 Å². The molecule has 0 spiro atoms. The molecule has 2 heterocycles. The van der Waals surface area contributed by atoms with Crippen molar-refractivity contribution in [2.24, 2.45) is 4.99 Å². The van der Waals surface area contributed by atoms with E-state index in [9.17, 15) is 0 Å². The molecule has 0 fully saturated rings. The fourth-order valence-electron chi connectivity index (χ4n) is 2.13. The summed E-state index contributed by atoms with van der Waals surface area (Å²) >= 11 is 1.71. The van der Waals surface area contributed by atoms with Gasteiger partial charge in [0, 0.05) is 17.0 Å². The summed E-state index contributed by atoms with van der Waals surface area (Å²) in [5.74, 6) is 1.61. The molecule has 7 heteroatoms. The van der Waals surface area contributed by atoms with Crippen LogP contribution in [0.25, 0.3) is 0 Å². The van der Waals surface area contributed by atoms with E-state index in [0.717, 1.165) is 46.8 Å². The van der Waals surface area contributed by atoms with E-state index in [1.54, 1.807) is 11.3 Å². The second-order valence-corrected chi connectivity index (χ2v) is 6.38. The first-order valence-electron chi connectivity index (χ1n) is 7.38. The predicted octanol–water partition coefficient (Wildman–Crippen LogP) is 2.62. The lowest BCUT2D eigenvalue weighted by molar-refractivity contribution is 0.392. The van der Waals surface area contributed by atoms with Crippen LogP contribution in [-0.4, -0.2) is 22.6 Å². The van der Waals surface area contributed by atoms with Crippen LogP contribution in [0, 0.1) is 27.7 Å². The van der Waals surface area contributed by atoms with Gasteiger partial charge in [-0.1, -0.05) is 5.16 Å². The van der Waals surface area contributed by atoms with E-state index in [4.69, 9.17) is 4.52 Å². The van der Waals surface area contributed by atoms with E-state index >= 15 is 0 Å². The third-order valence-corrected chi connectivity index (χ3v) is 4.41. The molecule has 0 amide bonds. The first-order chi connectivity index (χ1) is 10.5. The number of hydrogen-bond acceptors (Lipinski definition) is 5. The monoisotopic (exact) mass is 321 g/mol. The lowest BCUT2D eigenvalue weighted by Gasteiger charge is -2.10. The van der Waals surface area contributed by atoms with Crippen molar-refractivity contribution in [3.8, 4) is 0 Å². The number of thiazole rings is 1. The average Bonchev–Trinajstić information content (AvgIpc) is 2.96. The minimum absolute atomic E-state index is 0.553. The quantitative estimate of drug-likeness (QED) is 0.654. The van der Waals surface area contributed by atoms with Crippen molar-refractivity contribution in [2.45, 2.75) is 47.7 Å². The van der Waals surface area contributed by atoms with Crippen molar-refractivity contribution < 1.29 is 4.52 Å². The van der Waals surface area contributed by atoms with Gasteiger partial charge in [-0.25, -0.2) is 9.98 Å². The van der Waals surface area contributed by atoms with Gasteiger partial charge >= 0.3 is 0 Å². The van der Waals surface area contributed by atoms with Gasteiger partial charge in [-0.05, 0) is 34.6 Å². The minimum atomic E-state index is 0.553. The van der Waals surface area contributed by atoms with Crippen molar-refractivity contribution in [3.63, 3.8) is 0 Å². The molecule has 2 rings (SSSR count). The lowest BCUT2D eigenvalue weighted by atomic mass is 10.2. The predicted molar refractivity (Wildman–Crippen MR) is 89.2 cm³/mol. The molecule has 0 unspecified atom stereocenters. The van der Waals surface area contributed by atoms with E-state index in [1.165, 1.54) is 4.88 Å².